The number of rotatable bonds is 2. The van der Waals surface area contributed by atoms with Gasteiger partial charge in [-0.2, -0.15) is 13.2 Å². The van der Waals surface area contributed by atoms with Gasteiger partial charge in [-0.15, -0.1) is 0 Å². The van der Waals surface area contributed by atoms with Gasteiger partial charge >= 0.3 is 6.18 Å². The van der Waals surface area contributed by atoms with Crippen LogP contribution in [0.1, 0.15) is 15.9 Å². The van der Waals surface area contributed by atoms with Crippen LogP contribution < -0.4 is 0 Å². The largest absolute Gasteiger partial charge is 0.417 e. The van der Waals surface area contributed by atoms with Crippen LogP contribution in [0.25, 0.3) is 11.3 Å². The molecule has 0 bridgehead atoms. The highest BCUT2D eigenvalue weighted by Gasteiger charge is 2.33. The van der Waals surface area contributed by atoms with Crippen LogP contribution in [-0.2, 0) is 10.9 Å². The molecule has 4 nitrogen and oxygen atoms in total. The third kappa shape index (κ3) is 3.41. The molecule has 24 heavy (non-hydrogen) atoms. The van der Waals surface area contributed by atoms with Crippen molar-refractivity contribution in [3.63, 3.8) is 0 Å². The molecular formula is C17H15F3N2O2. The smallest absolute Gasteiger partial charge is 0.378 e. The number of aromatic nitrogens is 1. The minimum Gasteiger partial charge on any atom is -0.378 e. The molecule has 0 spiro atoms. The van der Waals surface area contributed by atoms with Gasteiger partial charge in [-0.25, -0.2) is 0 Å². The predicted octanol–water partition coefficient (Wildman–Crippen LogP) is 3.24. The van der Waals surface area contributed by atoms with E-state index < -0.39 is 11.7 Å². The van der Waals surface area contributed by atoms with E-state index in [4.69, 9.17) is 4.74 Å². The van der Waals surface area contributed by atoms with Crippen LogP contribution >= 0.6 is 0 Å². The number of pyridine rings is 1. The van der Waals surface area contributed by atoms with Gasteiger partial charge in [0.15, 0.2) is 0 Å². The number of halogens is 3. The lowest BCUT2D eigenvalue weighted by molar-refractivity contribution is -0.137. The van der Waals surface area contributed by atoms with E-state index in [0.717, 1.165) is 6.07 Å². The Morgan fingerprint density at radius 2 is 1.83 bits per heavy atom. The predicted molar refractivity (Wildman–Crippen MR) is 81.4 cm³/mol. The molecule has 0 saturated carbocycles. The number of hydrogen-bond acceptors (Lipinski definition) is 3. The number of carbonyl (C=O) groups is 1. The van der Waals surface area contributed by atoms with E-state index in [1.807, 2.05) is 0 Å². The summed E-state index contributed by atoms with van der Waals surface area (Å²) in [5, 5.41) is 0. The van der Waals surface area contributed by atoms with Crippen molar-refractivity contribution in [1.29, 1.82) is 0 Å². The standard InChI is InChI=1S/C17H15F3N2O2/c18-17(19,20)14-4-2-1-3-13(14)15-11-12(5-6-21-15)16(23)22-7-9-24-10-8-22/h1-6,11H,7-10H2. The highest BCUT2D eigenvalue weighted by molar-refractivity contribution is 5.95. The lowest BCUT2D eigenvalue weighted by Crippen LogP contribution is -2.40. The SMILES string of the molecule is O=C(c1ccnc(-c2ccccc2C(F)(F)F)c1)N1CCOCC1. The highest BCUT2D eigenvalue weighted by atomic mass is 19.4. The summed E-state index contributed by atoms with van der Waals surface area (Å²) in [7, 11) is 0. The molecule has 1 aromatic carbocycles. The Morgan fingerprint density at radius 1 is 1.12 bits per heavy atom. The molecule has 1 fully saturated rings. The molecule has 7 heteroatoms. The van der Waals surface area contributed by atoms with Gasteiger partial charge in [-0.05, 0) is 18.2 Å². The van der Waals surface area contributed by atoms with Gasteiger partial charge in [-0.1, -0.05) is 18.2 Å². The second kappa shape index (κ2) is 6.60. The second-order valence-electron chi connectivity index (χ2n) is 5.38. The first kappa shape index (κ1) is 16.4. The molecule has 0 radical (unpaired) electrons. The number of benzene rings is 1. The van der Waals surface area contributed by atoms with Gasteiger partial charge in [0.05, 0.1) is 24.5 Å². The van der Waals surface area contributed by atoms with Gasteiger partial charge < -0.3 is 9.64 Å². The topological polar surface area (TPSA) is 42.4 Å². The number of amides is 1. The molecule has 3 rings (SSSR count). The van der Waals surface area contributed by atoms with Gasteiger partial charge in [0.25, 0.3) is 5.91 Å². The van der Waals surface area contributed by atoms with E-state index in [9.17, 15) is 18.0 Å². The number of carbonyl (C=O) groups excluding carboxylic acids is 1. The first-order chi connectivity index (χ1) is 11.5. The Balaban J connectivity index is 1.96. The Bertz CT molecular complexity index is 741. The number of morpholine rings is 1. The summed E-state index contributed by atoms with van der Waals surface area (Å²) in [6.45, 7) is 1.85. The lowest BCUT2D eigenvalue weighted by atomic mass is 10.0. The maximum Gasteiger partial charge on any atom is 0.417 e. The fraction of sp³-hybridized carbons (Fsp3) is 0.294. The maximum atomic E-state index is 13.2. The van der Waals surface area contributed by atoms with Crippen molar-refractivity contribution in [1.82, 2.24) is 9.88 Å². The zero-order valence-corrected chi connectivity index (χ0v) is 12.7. The Kier molecular flexibility index (Phi) is 4.53. The van der Waals surface area contributed by atoms with Gasteiger partial charge in [0.2, 0.25) is 0 Å². The quantitative estimate of drug-likeness (QED) is 0.845. The number of ether oxygens (including phenoxy) is 1. The van der Waals surface area contributed by atoms with Crippen LogP contribution in [-0.4, -0.2) is 42.1 Å². The Morgan fingerprint density at radius 3 is 2.54 bits per heavy atom. The van der Waals surface area contributed by atoms with E-state index in [1.165, 1.54) is 36.5 Å². The minimum atomic E-state index is -4.48. The van der Waals surface area contributed by atoms with E-state index >= 15 is 0 Å². The van der Waals surface area contributed by atoms with Crippen LogP contribution in [0.2, 0.25) is 0 Å². The van der Waals surface area contributed by atoms with Crippen LogP contribution in [0, 0.1) is 0 Å². The molecule has 1 aliphatic heterocycles. The molecule has 126 valence electrons. The Labute approximate surface area is 136 Å². The molecule has 0 atom stereocenters. The lowest BCUT2D eigenvalue weighted by Gasteiger charge is -2.27. The minimum absolute atomic E-state index is 0.0402. The third-order valence-corrected chi connectivity index (χ3v) is 3.81. The molecule has 0 unspecified atom stereocenters. The van der Waals surface area contributed by atoms with E-state index in [-0.39, 0.29) is 17.2 Å². The number of hydrogen-bond donors (Lipinski definition) is 0. The summed E-state index contributed by atoms with van der Waals surface area (Å²) in [4.78, 5) is 18.1. The molecule has 2 heterocycles. The monoisotopic (exact) mass is 336 g/mol. The fourth-order valence-corrected chi connectivity index (χ4v) is 2.61. The van der Waals surface area contributed by atoms with Gasteiger partial charge in [0.1, 0.15) is 0 Å². The molecule has 0 aliphatic carbocycles. The van der Waals surface area contributed by atoms with Crippen LogP contribution in [0.15, 0.2) is 42.6 Å². The van der Waals surface area contributed by atoms with E-state index in [2.05, 4.69) is 4.98 Å². The average molecular weight is 336 g/mol. The summed E-state index contributed by atoms with van der Waals surface area (Å²) in [5.41, 5.74) is -0.365. The van der Waals surface area contributed by atoms with Crippen molar-refractivity contribution in [3.8, 4) is 11.3 Å². The summed E-state index contributed by atoms with van der Waals surface area (Å²) >= 11 is 0. The van der Waals surface area contributed by atoms with Crippen LogP contribution in [0.4, 0.5) is 13.2 Å². The number of alkyl halides is 3. The Hall–Kier alpha value is -2.41. The third-order valence-electron chi connectivity index (χ3n) is 3.81. The average Bonchev–Trinajstić information content (AvgIpc) is 2.61. The van der Waals surface area contributed by atoms with Crippen molar-refractivity contribution < 1.29 is 22.7 Å². The second-order valence-corrected chi connectivity index (χ2v) is 5.38. The normalized spacial score (nSPS) is 15.4. The molecule has 1 amide bonds. The van der Waals surface area contributed by atoms with Crippen molar-refractivity contribution in [2.24, 2.45) is 0 Å². The first-order valence-corrected chi connectivity index (χ1v) is 7.46. The van der Waals surface area contributed by atoms with Gasteiger partial charge in [0, 0.05) is 30.4 Å². The van der Waals surface area contributed by atoms with E-state index in [0.29, 0.717) is 31.9 Å². The zero-order chi connectivity index (χ0) is 17.2. The molecule has 0 N–H and O–H groups in total. The summed E-state index contributed by atoms with van der Waals surface area (Å²) < 4.78 is 44.7. The highest BCUT2D eigenvalue weighted by Crippen LogP contribution is 2.36. The fourth-order valence-electron chi connectivity index (χ4n) is 2.61. The van der Waals surface area contributed by atoms with Crippen molar-refractivity contribution in [2.45, 2.75) is 6.18 Å². The van der Waals surface area contributed by atoms with Crippen molar-refractivity contribution >= 4 is 5.91 Å². The maximum absolute atomic E-state index is 13.2. The van der Waals surface area contributed by atoms with Crippen LogP contribution in [0.3, 0.4) is 0 Å². The first-order valence-electron chi connectivity index (χ1n) is 7.46. The molecule has 1 aromatic heterocycles. The van der Waals surface area contributed by atoms with Gasteiger partial charge in [-0.3, -0.25) is 9.78 Å². The van der Waals surface area contributed by atoms with E-state index in [1.54, 1.807) is 4.90 Å². The molecule has 1 aliphatic rings. The molecule has 2 aromatic rings. The zero-order valence-electron chi connectivity index (χ0n) is 12.7. The van der Waals surface area contributed by atoms with Crippen molar-refractivity contribution in [3.05, 3.63) is 53.7 Å². The molecular weight excluding hydrogens is 321 g/mol. The van der Waals surface area contributed by atoms with Crippen molar-refractivity contribution in [2.75, 3.05) is 26.3 Å². The summed E-state index contributed by atoms with van der Waals surface area (Å²) in [5.74, 6) is -0.230. The summed E-state index contributed by atoms with van der Waals surface area (Å²) in [6, 6.07) is 8.12. The van der Waals surface area contributed by atoms with Crippen LogP contribution in [0.5, 0.6) is 0 Å². The number of nitrogens with zero attached hydrogens (tertiary/aromatic N) is 2. The molecule has 1 saturated heterocycles. The summed E-state index contributed by atoms with van der Waals surface area (Å²) in [6.07, 6.45) is -3.13.